The molecule has 0 aromatic rings. The molecule has 0 N–H and O–H groups in total. The van der Waals surface area contributed by atoms with Crippen LogP contribution in [0.1, 0.15) is 6.92 Å². The summed E-state index contributed by atoms with van der Waals surface area (Å²) in [5.74, 6) is -0.350. The van der Waals surface area contributed by atoms with Crippen molar-refractivity contribution in [2.24, 2.45) is 0 Å². The van der Waals surface area contributed by atoms with Crippen molar-refractivity contribution in [3.05, 3.63) is 37.0 Å². The van der Waals surface area contributed by atoms with E-state index in [0.29, 0.717) is 6.23 Å². The molecule has 0 unspecified atom stereocenters. The maximum absolute atomic E-state index is 10.9. The number of allylic oxidation sites excluding steroid dienone is 2. The second-order valence-corrected chi connectivity index (χ2v) is 9.51. The molecule has 84 valence electrons. The fourth-order valence-corrected chi connectivity index (χ4v) is 3.20. The lowest BCUT2D eigenvalue weighted by atomic mass is 10.2. The zero-order chi connectivity index (χ0) is 12.1. The highest BCUT2D eigenvalue weighted by molar-refractivity contribution is 6.78. The molecule has 0 aliphatic heterocycles. The first-order valence-corrected chi connectivity index (χ1v) is 8.33. The van der Waals surface area contributed by atoms with Crippen LogP contribution < -0.4 is 0 Å². The van der Waals surface area contributed by atoms with E-state index in [1.807, 2.05) is 6.92 Å². The molecule has 0 saturated carbocycles. The Labute approximate surface area is 93.3 Å². The van der Waals surface area contributed by atoms with Crippen LogP contribution in [0.2, 0.25) is 19.1 Å². The monoisotopic (exact) mass is 224 g/mol. The first kappa shape index (κ1) is 13.9. The molecule has 0 saturated heterocycles. The van der Waals surface area contributed by atoms with Crippen molar-refractivity contribution in [2.45, 2.75) is 26.1 Å². The molecule has 0 rings (SSSR count). The fourth-order valence-electron chi connectivity index (χ4n) is 1.11. The number of ether oxygens (including phenoxy) is 1. The summed E-state index contributed by atoms with van der Waals surface area (Å²) in [4.78, 5) is 10.9. The minimum Gasteiger partial charge on any atom is -0.466 e. The summed E-state index contributed by atoms with van der Waals surface area (Å²) in [6.07, 6.45) is 1.70. The molecule has 3 heteroatoms. The molecule has 0 aromatic carbocycles. The molecular formula is C12H20O2Si. The zero-order valence-electron chi connectivity index (χ0n) is 9.93. The van der Waals surface area contributed by atoms with E-state index in [-0.39, 0.29) is 5.97 Å². The van der Waals surface area contributed by atoms with Crippen molar-refractivity contribution in [2.75, 3.05) is 6.23 Å². The van der Waals surface area contributed by atoms with Gasteiger partial charge in [-0.25, -0.2) is 4.79 Å². The van der Waals surface area contributed by atoms with Crippen molar-refractivity contribution in [1.29, 1.82) is 0 Å². The van der Waals surface area contributed by atoms with Crippen LogP contribution in [0.5, 0.6) is 0 Å². The number of hydrogen-bond acceptors (Lipinski definition) is 2. The van der Waals surface area contributed by atoms with Gasteiger partial charge in [-0.3, -0.25) is 0 Å². The average Bonchev–Trinajstić information content (AvgIpc) is 2.13. The van der Waals surface area contributed by atoms with Crippen molar-refractivity contribution >= 4 is 14.0 Å². The van der Waals surface area contributed by atoms with Crippen LogP contribution in [-0.4, -0.2) is 20.3 Å². The van der Waals surface area contributed by atoms with Crippen molar-refractivity contribution in [3.63, 3.8) is 0 Å². The van der Waals surface area contributed by atoms with Gasteiger partial charge in [0.1, 0.15) is 0 Å². The summed E-state index contributed by atoms with van der Waals surface area (Å²) in [5, 5.41) is 0. The Bertz CT molecular complexity index is 290. The van der Waals surface area contributed by atoms with Gasteiger partial charge >= 0.3 is 5.97 Å². The predicted molar refractivity (Wildman–Crippen MR) is 67.4 cm³/mol. The first-order valence-electron chi connectivity index (χ1n) is 4.91. The van der Waals surface area contributed by atoms with Crippen LogP contribution in [0.15, 0.2) is 37.0 Å². The number of esters is 1. The Balaban J connectivity index is 4.18. The molecule has 2 nitrogen and oxygen atoms in total. The Morgan fingerprint density at radius 1 is 1.40 bits per heavy atom. The normalized spacial score (nSPS) is 10.6. The molecule has 0 spiro atoms. The summed E-state index contributed by atoms with van der Waals surface area (Å²) < 4.78 is 5.07. The second kappa shape index (κ2) is 5.71. The van der Waals surface area contributed by atoms with Crippen LogP contribution in [0.4, 0.5) is 0 Å². The van der Waals surface area contributed by atoms with Gasteiger partial charge in [-0.05, 0) is 13.0 Å². The SMILES string of the molecule is C=CC(=O)OC[Si](C)(C)CC(=C)C(=C)C. The maximum Gasteiger partial charge on any atom is 0.329 e. The molecule has 0 atom stereocenters. The van der Waals surface area contributed by atoms with Crippen LogP contribution in [-0.2, 0) is 9.53 Å². The second-order valence-electron chi connectivity index (χ2n) is 4.54. The molecule has 0 fully saturated rings. The van der Waals surface area contributed by atoms with E-state index in [1.54, 1.807) is 0 Å². The predicted octanol–water partition coefficient (Wildman–Crippen LogP) is 3.10. The zero-order valence-corrected chi connectivity index (χ0v) is 10.9. The largest absolute Gasteiger partial charge is 0.466 e. The number of hydrogen-bond donors (Lipinski definition) is 0. The van der Waals surface area contributed by atoms with Crippen LogP contribution >= 0.6 is 0 Å². The van der Waals surface area contributed by atoms with E-state index in [2.05, 4.69) is 32.8 Å². The lowest BCUT2D eigenvalue weighted by Crippen LogP contribution is -2.34. The third kappa shape index (κ3) is 6.07. The van der Waals surface area contributed by atoms with Crippen molar-refractivity contribution < 1.29 is 9.53 Å². The van der Waals surface area contributed by atoms with Gasteiger partial charge in [0.25, 0.3) is 0 Å². The van der Waals surface area contributed by atoms with Gasteiger partial charge in [0.15, 0.2) is 0 Å². The maximum atomic E-state index is 10.9. The molecule has 15 heavy (non-hydrogen) atoms. The summed E-state index contributed by atoms with van der Waals surface area (Å²) >= 11 is 0. The third-order valence-electron chi connectivity index (χ3n) is 2.07. The topological polar surface area (TPSA) is 26.3 Å². The Morgan fingerprint density at radius 3 is 2.33 bits per heavy atom. The smallest absolute Gasteiger partial charge is 0.329 e. The standard InChI is InChI=1S/C12H20O2Si/c1-7-12(13)14-9-15(5,6)8-11(4)10(2)3/h7H,1-2,4,8-9H2,3,5-6H3. The summed E-state index contributed by atoms with van der Waals surface area (Å²) in [6, 6.07) is 0.909. The van der Waals surface area contributed by atoms with E-state index in [9.17, 15) is 4.79 Å². The highest BCUT2D eigenvalue weighted by Gasteiger charge is 2.23. The minimum atomic E-state index is -1.56. The Hall–Kier alpha value is -1.09. The quantitative estimate of drug-likeness (QED) is 0.300. The molecule has 0 aliphatic carbocycles. The van der Waals surface area contributed by atoms with Gasteiger partial charge in [-0.1, -0.05) is 44.0 Å². The Morgan fingerprint density at radius 2 is 1.93 bits per heavy atom. The van der Waals surface area contributed by atoms with E-state index in [4.69, 9.17) is 4.74 Å². The molecule has 0 radical (unpaired) electrons. The molecule has 0 aliphatic rings. The van der Waals surface area contributed by atoms with Crippen molar-refractivity contribution in [3.8, 4) is 0 Å². The van der Waals surface area contributed by atoms with Crippen molar-refractivity contribution in [1.82, 2.24) is 0 Å². The van der Waals surface area contributed by atoms with Gasteiger partial charge in [-0.15, -0.1) is 0 Å². The van der Waals surface area contributed by atoms with E-state index < -0.39 is 8.07 Å². The third-order valence-corrected chi connectivity index (χ3v) is 4.38. The van der Waals surface area contributed by atoms with Gasteiger partial charge in [0.05, 0.1) is 14.3 Å². The lowest BCUT2D eigenvalue weighted by molar-refractivity contribution is -0.136. The molecular weight excluding hydrogens is 204 g/mol. The number of rotatable bonds is 6. The molecule has 0 aromatic heterocycles. The van der Waals surface area contributed by atoms with E-state index >= 15 is 0 Å². The minimum absolute atomic E-state index is 0.350. The van der Waals surface area contributed by atoms with Crippen LogP contribution in [0, 0.1) is 0 Å². The summed E-state index contributed by atoms with van der Waals surface area (Å²) in [5.41, 5.74) is 2.06. The van der Waals surface area contributed by atoms with Gasteiger partial charge < -0.3 is 4.74 Å². The van der Waals surface area contributed by atoms with Gasteiger partial charge in [0.2, 0.25) is 0 Å². The van der Waals surface area contributed by atoms with Gasteiger partial charge in [0, 0.05) is 6.08 Å². The Kier molecular flexibility index (Phi) is 5.29. The summed E-state index contributed by atoms with van der Waals surface area (Å²) in [6.45, 7) is 17.4. The van der Waals surface area contributed by atoms with Gasteiger partial charge in [-0.2, -0.15) is 0 Å². The molecule has 0 amide bonds. The molecule has 0 heterocycles. The fraction of sp³-hybridized carbons (Fsp3) is 0.417. The molecule has 0 bridgehead atoms. The summed E-state index contributed by atoms with van der Waals surface area (Å²) in [7, 11) is -1.56. The first-order chi connectivity index (χ1) is 6.78. The number of carbonyl (C=O) groups excluding carboxylic acids is 1. The van der Waals surface area contributed by atoms with Crippen LogP contribution in [0.25, 0.3) is 0 Å². The van der Waals surface area contributed by atoms with E-state index in [1.165, 1.54) is 6.08 Å². The average molecular weight is 224 g/mol. The lowest BCUT2D eigenvalue weighted by Gasteiger charge is -2.22. The highest BCUT2D eigenvalue weighted by atomic mass is 28.3. The van der Waals surface area contributed by atoms with Crippen LogP contribution in [0.3, 0.4) is 0 Å². The highest BCUT2D eigenvalue weighted by Crippen LogP contribution is 2.20. The number of carbonyl (C=O) groups is 1. The van der Waals surface area contributed by atoms with E-state index in [0.717, 1.165) is 17.2 Å².